The van der Waals surface area contributed by atoms with E-state index in [-0.39, 0.29) is 5.69 Å². The van der Waals surface area contributed by atoms with Crippen LogP contribution in [-0.2, 0) is 19.5 Å². The molecule has 0 aliphatic heterocycles. The summed E-state index contributed by atoms with van der Waals surface area (Å²) in [5, 5.41) is 0. The van der Waals surface area contributed by atoms with Gasteiger partial charge in [-0.15, -0.1) is 0 Å². The summed E-state index contributed by atoms with van der Waals surface area (Å²) in [5.41, 5.74) is 1.38. The number of aryl methyl sites for hydroxylation is 2. The molecule has 0 amide bonds. The van der Waals surface area contributed by atoms with Crippen LogP contribution in [0.4, 0.5) is 0 Å². The van der Waals surface area contributed by atoms with E-state index >= 15 is 0 Å². The molecule has 0 aliphatic rings. The number of nitrogens with one attached hydrogen (secondary N) is 1. The summed E-state index contributed by atoms with van der Waals surface area (Å²) < 4.78 is 3.80. The molecule has 0 unspecified atom stereocenters. The van der Waals surface area contributed by atoms with Crippen LogP contribution in [0.15, 0.2) is 4.79 Å². The van der Waals surface area contributed by atoms with Gasteiger partial charge in [0.25, 0.3) is 0 Å². The molecule has 0 saturated carbocycles. The van der Waals surface area contributed by atoms with Gasteiger partial charge in [0.15, 0.2) is 5.65 Å². The molecular formula is C11H16N4OS. The zero-order valence-corrected chi connectivity index (χ0v) is 11.1. The number of imidazole rings is 1. The number of aromatic amines is 1. The molecule has 0 bridgehead atoms. The number of H-pyrrole nitrogens is 1. The van der Waals surface area contributed by atoms with E-state index in [0.29, 0.717) is 23.4 Å². The van der Waals surface area contributed by atoms with E-state index in [9.17, 15) is 4.79 Å². The Balaban J connectivity index is 2.98. The number of hydrogen-bond acceptors (Lipinski definition) is 3. The van der Waals surface area contributed by atoms with Crippen molar-refractivity contribution >= 4 is 23.4 Å². The van der Waals surface area contributed by atoms with Gasteiger partial charge in [0.05, 0.1) is 0 Å². The highest BCUT2D eigenvalue weighted by atomic mass is 32.1. The van der Waals surface area contributed by atoms with Crippen LogP contribution in [0.1, 0.15) is 26.6 Å². The molecule has 2 rings (SSSR count). The largest absolute Gasteiger partial charge is 0.338 e. The van der Waals surface area contributed by atoms with E-state index in [2.05, 4.69) is 9.97 Å². The summed E-state index contributed by atoms with van der Waals surface area (Å²) in [6.45, 7) is 7.04. The Morgan fingerprint density at radius 2 is 1.88 bits per heavy atom. The first-order chi connectivity index (χ1) is 8.13. The molecule has 92 valence electrons. The van der Waals surface area contributed by atoms with E-state index in [0.717, 1.165) is 17.8 Å². The topological polar surface area (TPSA) is 55.6 Å². The number of nitrogens with zero attached hydrogens (tertiary/aromatic N) is 3. The van der Waals surface area contributed by atoms with E-state index in [1.54, 1.807) is 9.13 Å². The molecule has 0 radical (unpaired) electrons. The third-order valence-electron chi connectivity index (χ3n) is 2.88. The van der Waals surface area contributed by atoms with Gasteiger partial charge < -0.3 is 4.98 Å². The van der Waals surface area contributed by atoms with Crippen LogP contribution in [0.3, 0.4) is 0 Å². The number of aromatic nitrogens is 4. The lowest BCUT2D eigenvalue weighted by molar-refractivity contribution is 0.615. The minimum absolute atomic E-state index is 0.0818. The SMILES string of the molecule is CCc1nc2c([nH]1)c(=S)n(CC)c(=O)n2CC. The van der Waals surface area contributed by atoms with E-state index in [1.165, 1.54) is 0 Å². The van der Waals surface area contributed by atoms with Gasteiger partial charge in [0.1, 0.15) is 16.0 Å². The van der Waals surface area contributed by atoms with Gasteiger partial charge in [-0.05, 0) is 13.8 Å². The predicted octanol–water partition coefficient (Wildman–Crippen LogP) is 1.86. The summed E-state index contributed by atoms with van der Waals surface area (Å²) in [6.07, 6.45) is 0.799. The maximum Gasteiger partial charge on any atom is 0.330 e. The molecule has 0 aromatic carbocycles. The average molecular weight is 252 g/mol. The van der Waals surface area contributed by atoms with E-state index < -0.39 is 0 Å². The van der Waals surface area contributed by atoms with Crippen molar-refractivity contribution in [1.82, 2.24) is 19.1 Å². The van der Waals surface area contributed by atoms with Gasteiger partial charge in [-0.3, -0.25) is 9.13 Å². The van der Waals surface area contributed by atoms with Crippen molar-refractivity contribution in [2.75, 3.05) is 0 Å². The highest BCUT2D eigenvalue weighted by molar-refractivity contribution is 7.71. The summed E-state index contributed by atoms with van der Waals surface area (Å²) in [5.74, 6) is 0.863. The fraction of sp³-hybridized carbons (Fsp3) is 0.545. The van der Waals surface area contributed by atoms with Crippen LogP contribution < -0.4 is 5.69 Å². The Kier molecular flexibility index (Phi) is 3.15. The number of rotatable bonds is 3. The number of fused-ring (bicyclic) bond motifs is 1. The van der Waals surface area contributed by atoms with Gasteiger partial charge >= 0.3 is 5.69 Å². The lowest BCUT2D eigenvalue weighted by Crippen LogP contribution is -2.30. The predicted molar refractivity (Wildman–Crippen MR) is 69.9 cm³/mol. The van der Waals surface area contributed by atoms with Gasteiger partial charge in [-0.2, -0.15) is 0 Å². The molecule has 6 heteroatoms. The molecule has 2 aromatic rings. The van der Waals surface area contributed by atoms with Gasteiger partial charge in [-0.1, -0.05) is 19.1 Å². The standard InChI is InChI=1S/C11H16N4OS/c1-4-7-12-8-9(13-7)14(5-2)11(16)15(6-3)10(8)17/h4-6H2,1-3H3,(H,12,13). The third-order valence-corrected chi connectivity index (χ3v) is 3.30. The smallest absolute Gasteiger partial charge is 0.330 e. The van der Waals surface area contributed by atoms with Crippen molar-refractivity contribution < 1.29 is 0 Å². The Bertz CT molecular complexity index is 664. The zero-order valence-electron chi connectivity index (χ0n) is 10.3. The molecule has 0 saturated heterocycles. The van der Waals surface area contributed by atoms with Gasteiger partial charge in [0, 0.05) is 19.5 Å². The highest BCUT2D eigenvalue weighted by Crippen LogP contribution is 2.11. The first kappa shape index (κ1) is 12.0. The molecule has 0 aliphatic carbocycles. The molecular weight excluding hydrogens is 236 g/mol. The summed E-state index contributed by atoms with van der Waals surface area (Å²) in [4.78, 5) is 19.8. The monoisotopic (exact) mass is 252 g/mol. The molecule has 2 aromatic heterocycles. The van der Waals surface area contributed by atoms with Crippen molar-refractivity contribution in [2.45, 2.75) is 40.3 Å². The maximum absolute atomic E-state index is 12.2. The van der Waals surface area contributed by atoms with Crippen LogP contribution in [0.2, 0.25) is 0 Å². The average Bonchev–Trinajstić information content (AvgIpc) is 2.74. The molecule has 17 heavy (non-hydrogen) atoms. The fourth-order valence-electron chi connectivity index (χ4n) is 1.95. The Morgan fingerprint density at radius 3 is 2.41 bits per heavy atom. The third kappa shape index (κ3) is 1.72. The summed E-state index contributed by atoms with van der Waals surface area (Å²) >= 11 is 5.33. The molecule has 0 spiro atoms. The van der Waals surface area contributed by atoms with Crippen LogP contribution in [0.25, 0.3) is 11.2 Å². The Hall–Kier alpha value is -1.43. The van der Waals surface area contributed by atoms with E-state index in [4.69, 9.17) is 12.2 Å². The second-order valence-corrected chi connectivity index (χ2v) is 4.20. The van der Waals surface area contributed by atoms with Crippen molar-refractivity contribution in [3.05, 3.63) is 20.9 Å². The van der Waals surface area contributed by atoms with Crippen molar-refractivity contribution in [2.24, 2.45) is 0 Å². The van der Waals surface area contributed by atoms with Crippen molar-refractivity contribution in [3.63, 3.8) is 0 Å². The highest BCUT2D eigenvalue weighted by Gasteiger charge is 2.12. The molecule has 1 N–H and O–H groups in total. The Labute approximate surface area is 104 Å². The Morgan fingerprint density at radius 1 is 1.24 bits per heavy atom. The van der Waals surface area contributed by atoms with Crippen molar-refractivity contribution in [3.8, 4) is 0 Å². The first-order valence-corrected chi connectivity index (χ1v) is 6.27. The summed E-state index contributed by atoms with van der Waals surface area (Å²) in [7, 11) is 0. The molecule has 5 nitrogen and oxygen atoms in total. The lowest BCUT2D eigenvalue weighted by atomic mass is 10.5. The van der Waals surface area contributed by atoms with E-state index in [1.807, 2.05) is 20.8 Å². The van der Waals surface area contributed by atoms with Gasteiger partial charge in [0.2, 0.25) is 0 Å². The summed E-state index contributed by atoms with van der Waals surface area (Å²) in [6, 6.07) is 0. The van der Waals surface area contributed by atoms with Crippen LogP contribution in [0, 0.1) is 4.64 Å². The second kappa shape index (κ2) is 4.44. The van der Waals surface area contributed by atoms with Gasteiger partial charge in [-0.25, -0.2) is 9.78 Å². The quantitative estimate of drug-likeness (QED) is 0.848. The van der Waals surface area contributed by atoms with Crippen LogP contribution in [-0.4, -0.2) is 19.1 Å². The lowest BCUT2D eigenvalue weighted by Gasteiger charge is -2.08. The minimum atomic E-state index is -0.0818. The molecule has 2 heterocycles. The molecule has 0 atom stereocenters. The van der Waals surface area contributed by atoms with Crippen LogP contribution >= 0.6 is 12.2 Å². The second-order valence-electron chi connectivity index (χ2n) is 3.81. The van der Waals surface area contributed by atoms with Crippen molar-refractivity contribution in [1.29, 1.82) is 0 Å². The number of hydrogen-bond donors (Lipinski definition) is 1. The minimum Gasteiger partial charge on any atom is -0.338 e. The first-order valence-electron chi connectivity index (χ1n) is 5.86. The maximum atomic E-state index is 12.2. The molecule has 0 fully saturated rings. The zero-order chi connectivity index (χ0) is 12.6. The van der Waals surface area contributed by atoms with Crippen LogP contribution in [0.5, 0.6) is 0 Å². The normalized spacial score (nSPS) is 11.2. The fourth-order valence-corrected chi connectivity index (χ4v) is 2.30.